The predicted octanol–water partition coefficient (Wildman–Crippen LogP) is 3.11. The maximum absolute atomic E-state index is 8.65. The molecule has 0 saturated heterocycles. The monoisotopic (exact) mass is 239 g/mol. The van der Waals surface area contributed by atoms with Crippen LogP contribution in [0.3, 0.4) is 0 Å². The predicted molar refractivity (Wildman–Crippen MR) is 67.9 cm³/mol. The Bertz CT molecular complexity index is 514. The van der Waals surface area contributed by atoms with Crippen LogP contribution in [0.4, 0.5) is 0 Å². The van der Waals surface area contributed by atoms with E-state index in [9.17, 15) is 0 Å². The first-order chi connectivity index (χ1) is 8.88. The smallest absolute Gasteiger partial charge is 0.189 e. The number of hydrogen-bond acceptors (Lipinski definition) is 3. The van der Waals surface area contributed by atoms with Crippen LogP contribution in [-0.2, 0) is 11.3 Å². The van der Waals surface area contributed by atoms with Crippen molar-refractivity contribution in [1.82, 2.24) is 0 Å². The lowest BCUT2D eigenvalue weighted by Crippen LogP contribution is -2.02. The van der Waals surface area contributed by atoms with E-state index >= 15 is 0 Å². The van der Waals surface area contributed by atoms with E-state index in [1.807, 2.05) is 30.3 Å². The van der Waals surface area contributed by atoms with Crippen LogP contribution in [0.25, 0.3) is 0 Å². The number of ether oxygens (including phenoxy) is 2. The Morgan fingerprint density at radius 1 is 0.944 bits per heavy atom. The Morgan fingerprint density at radius 3 is 2.33 bits per heavy atom. The molecular formula is C15H13NO2. The van der Waals surface area contributed by atoms with Crippen molar-refractivity contribution in [2.75, 3.05) is 6.79 Å². The molecule has 0 aliphatic heterocycles. The molecule has 0 heterocycles. The first-order valence-electron chi connectivity index (χ1n) is 5.63. The van der Waals surface area contributed by atoms with Gasteiger partial charge in [-0.3, -0.25) is 0 Å². The molecule has 18 heavy (non-hydrogen) atoms. The average Bonchev–Trinajstić information content (AvgIpc) is 2.45. The largest absolute Gasteiger partial charge is 0.468 e. The molecule has 0 atom stereocenters. The van der Waals surface area contributed by atoms with Crippen LogP contribution in [0.15, 0.2) is 54.6 Å². The van der Waals surface area contributed by atoms with Gasteiger partial charge in [0.1, 0.15) is 5.75 Å². The molecule has 0 saturated carbocycles. The molecule has 0 fully saturated rings. The maximum atomic E-state index is 8.65. The molecular weight excluding hydrogens is 226 g/mol. The highest BCUT2D eigenvalue weighted by atomic mass is 16.7. The Hall–Kier alpha value is -2.31. The summed E-state index contributed by atoms with van der Waals surface area (Å²) in [5.74, 6) is 0.696. The molecule has 0 unspecified atom stereocenters. The molecule has 0 aliphatic rings. The molecule has 0 N–H and O–H groups in total. The zero-order valence-corrected chi connectivity index (χ0v) is 9.87. The molecule has 0 amide bonds. The quantitative estimate of drug-likeness (QED) is 0.594. The van der Waals surface area contributed by atoms with E-state index in [4.69, 9.17) is 14.7 Å². The van der Waals surface area contributed by atoms with Gasteiger partial charge >= 0.3 is 0 Å². The third-order valence-corrected chi connectivity index (χ3v) is 2.40. The van der Waals surface area contributed by atoms with Gasteiger partial charge in [-0.1, -0.05) is 30.3 Å². The van der Waals surface area contributed by atoms with E-state index in [1.54, 1.807) is 24.3 Å². The highest BCUT2D eigenvalue weighted by molar-refractivity contribution is 5.34. The van der Waals surface area contributed by atoms with Crippen molar-refractivity contribution in [3.05, 3.63) is 65.7 Å². The molecule has 2 aromatic carbocycles. The van der Waals surface area contributed by atoms with Gasteiger partial charge < -0.3 is 9.47 Å². The van der Waals surface area contributed by atoms with Gasteiger partial charge in [0.05, 0.1) is 18.2 Å². The van der Waals surface area contributed by atoms with E-state index in [0.717, 1.165) is 5.56 Å². The van der Waals surface area contributed by atoms with Crippen LogP contribution in [0.2, 0.25) is 0 Å². The van der Waals surface area contributed by atoms with E-state index in [1.165, 1.54) is 0 Å². The van der Waals surface area contributed by atoms with Crippen molar-refractivity contribution in [3.63, 3.8) is 0 Å². The van der Waals surface area contributed by atoms with Gasteiger partial charge in [0.2, 0.25) is 0 Å². The second-order valence-corrected chi connectivity index (χ2v) is 3.73. The normalized spacial score (nSPS) is 9.72. The summed E-state index contributed by atoms with van der Waals surface area (Å²) in [6.45, 7) is 0.720. The molecule has 0 radical (unpaired) electrons. The summed E-state index contributed by atoms with van der Waals surface area (Å²) in [7, 11) is 0. The molecule has 2 rings (SSSR count). The van der Waals surface area contributed by atoms with Crippen LogP contribution in [-0.4, -0.2) is 6.79 Å². The SMILES string of the molecule is N#Cc1ccc(OCOCc2ccccc2)cc1. The zero-order chi connectivity index (χ0) is 12.6. The second-order valence-electron chi connectivity index (χ2n) is 3.73. The third kappa shape index (κ3) is 3.62. The minimum absolute atomic E-state index is 0.195. The summed E-state index contributed by atoms with van der Waals surface area (Å²) in [6.07, 6.45) is 0. The Morgan fingerprint density at radius 2 is 1.67 bits per heavy atom. The average molecular weight is 239 g/mol. The lowest BCUT2D eigenvalue weighted by Gasteiger charge is -2.07. The molecule has 0 spiro atoms. The first kappa shape index (κ1) is 12.2. The summed E-state index contributed by atoms with van der Waals surface area (Å²) in [4.78, 5) is 0. The van der Waals surface area contributed by atoms with Gasteiger partial charge in [-0.15, -0.1) is 0 Å². The number of hydrogen-bond donors (Lipinski definition) is 0. The number of nitriles is 1. The molecule has 90 valence electrons. The van der Waals surface area contributed by atoms with Crippen molar-refractivity contribution in [2.24, 2.45) is 0 Å². The summed E-state index contributed by atoms with van der Waals surface area (Å²) < 4.78 is 10.8. The molecule has 0 aliphatic carbocycles. The fraction of sp³-hybridized carbons (Fsp3) is 0.133. The van der Waals surface area contributed by atoms with Crippen LogP contribution in [0, 0.1) is 11.3 Å². The van der Waals surface area contributed by atoms with Crippen molar-refractivity contribution >= 4 is 0 Å². The fourth-order valence-corrected chi connectivity index (χ4v) is 1.47. The lowest BCUT2D eigenvalue weighted by atomic mass is 10.2. The Labute approximate surface area is 106 Å². The standard InChI is InChI=1S/C15H13NO2/c16-10-13-6-8-15(9-7-13)18-12-17-11-14-4-2-1-3-5-14/h1-9H,11-12H2. The summed E-state index contributed by atoms with van der Waals surface area (Å²) in [5, 5.41) is 8.65. The minimum Gasteiger partial charge on any atom is -0.468 e. The van der Waals surface area contributed by atoms with Crippen LogP contribution in [0.1, 0.15) is 11.1 Å². The van der Waals surface area contributed by atoms with E-state index in [2.05, 4.69) is 6.07 Å². The molecule has 3 nitrogen and oxygen atoms in total. The molecule has 3 heteroatoms. The van der Waals surface area contributed by atoms with Gasteiger partial charge in [-0.2, -0.15) is 5.26 Å². The minimum atomic E-state index is 0.195. The van der Waals surface area contributed by atoms with Crippen molar-refractivity contribution in [2.45, 2.75) is 6.61 Å². The summed E-state index contributed by atoms with van der Waals surface area (Å²) >= 11 is 0. The van der Waals surface area contributed by atoms with E-state index in [0.29, 0.717) is 17.9 Å². The summed E-state index contributed by atoms with van der Waals surface area (Å²) in [5.41, 5.74) is 1.73. The van der Waals surface area contributed by atoms with Crippen molar-refractivity contribution in [3.8, 4) is 11.8 Å². The number of benzene rings is 2. The van der Waals surface area contributed by atoms with E-state index in [-0.39, 0.29) is 6.79 Å². The maximum Gasteiger partial charge on any atom is 0.189 e. The Kier molecular flexibility index (Phi) is 4.34. The van der Waals surface area contributed by atoms with E-state index < -0.39 is 0 Å². The van der Waals surface area contributed by atoms with Gasteiger partial charge in [-0.25, -0.2) is 0 Å². The lowest BCUT2D eigenvalue weighted by molar-refractivity contribution is 0.00504. The molecule has 0 aromatic heterocycles. The van der Waals surface area contributed by atoms with Gasteiger partial charge in [0, 0.05) is 0 Å². The van der Waals surface area contributed by atoms with Gasteiger partial charge in [0.25, 0.3) is 0 Å². The first-order valence-corrected chi connectivity index (χ1v) is 5.63. The summed E-state index contributed by atoms with van der Waals surface area (Å²) in [6, 6.07) is 18.9. The van der Waals surface area contributed by atoms with Crippen molar-refractivity contribution < 1.29 is 9.47 Å². The Balaban J connectivity index is 1.74. The fourth-order valence-electron chi connectivity index (χ4n) is 1.47. The van der Waals surface area contributed by atoms with Gasteiger partial charge in [-0.05, 0) is 29.8 Å². The highest BCUT2D eigenvalue weighted by Crippen LogP contribution is 2.11. The second kappa shape index (κ2) is 6.43. The van der Waals surface area contributed by atoms with Crippen LogP contribution >= 0.6 is 0 Å². The third-order valence-electron chi connectivity index (χ3n) is 2.40. The van der Waals surface area contributed by atoms with Crippen LogP contribution in [0.5, 0.6) is 5.75 Å². The molecule has 0 bridgehead atoms. The highest BCUT2D eigenvalue weighted by Gasteiger charge is 1.95. The van der Waals surface area contributed by atoms with Crippen LogP contribution < -0.4 is 4.74 Å². The van der Waals surface area contributed by atoms with Crippen molar-refractivity contribution in [1.29, 1.82) is 5.26 Å². The molecule has 2 aromatic rings. The zero-order valence-electron chi connectivity index (χ0n) is 9.87. The number of rotatable bonds is 5. The topological polar surface area (TPSA) is 42.2 Å². The van der Waals surface area contributed by atoms with Gasteiger partial charge in [0.15, 0.2) is 6.79 Å². The number of nitrogens with zero attached hydrogens (tertiary/aromatic N) is 1.